The van der Waals surface area contributed by atoms with Gasteiger partial charge in [0.1, 0.15) is 0 Å². The van der Waals surface area contributed by atoms with Crippen molar-refractivity contribution in [2.24, 2.45) is 0 Å². The number of amides is 1. The van der Waals surface area contributed by atoms with Crippen LogP contribution in [0.25, 0.3) is 10.8 Å². The van der Waals surface area contributed by atoms with Crippen LogP contribution in [-0.2, 0) is 4.74 Å². The van der Waals surface area contributed by atoms with Crippen LogP contribution in [-0.4, -0.2) is 25.8 Å². The minimum atomic E-state index is -0.373. The molecule has 0 heterocycles. The second-order valence-corrected chi connectivity index (χ2v) is 4.10. The molecule has 0 saturated carbocycles. The number of anilines is 1. The monoisotopic (exact) mass is 258 g/mol. The van der Waals surface area contributed by atoms with E-state index in [4.69, 9.17) is 4.74 Å². The van der Waals surface area contributed by atoms with E-state index in [0.29, 0.717) is 19.7 Å². The molecule has 0 unspecified atom stereocenters. The molecule has 2 N–H and O–H groups in total. The van der Waals surface area contributed by atoms with Gasteiger partial charge in [0.25, 0.3) is 0 Å². The number of benzene rings is 2. The Morgan fingerprint density at radius 1 is 1.11 bits per heavy atom. The lowest BCUT2D eigenvalue weighted by Gasteiger charge is -2.10. The maximum atomic E-state index is 11.1. The Morgan fingerprint density at radius 3 is 2.74 bits per heavy atom. The Balaban J connectivity index is 1.90. The zero-order valence-corrected chi connectivity index (χ0v) is 11.0. The van der Waals surface area contributed by atoms with Crippen molar-refractivity contribution in [1.82, 2.24) is 5.32 Å². The molecule has 4 nitrogen and oxygen atoms in total. The molecule has 19 heavy (non-hydrogen) atoms. The molecule has 4 heteroatoms. The topological polar surface area (TPSA) is 50.4 Å². The molecule has 0 fully saturated rings. The lowest BCUT2D eigenvalue weighted by molar-refractivity contribution is 0.152. The molecule has 0 saturated heterocycles. The largest absolute Gasteiger partial charge is 0.450 e. The van der Waals surface area contributed by atoms with Crippen LogP contribution in [0.4, 0.5) is 10.5 Å². The van der Waals surface area contributed by atoms with Gasteiger partial charge in [0, 0.05) is 24.2 Å². The third-order valence-corrected chi connectivity index (χ3v) is 2.77. The summed E-state index contributed by atoms with van der Waals surface area (Å²) in [6.07, 6.45) is -0.373. The van der Waals surface area contributed by atoms with Gasteiger partial charge in [0.2, 0.25) is 0 Å². The van der Waals surface area contributed by atoms with E-state index < -0.39 is 0 Å². The molecule has 0 aliphatic heterocycles. The Hall–Kier alpha value is -2.23. The fraction of sp³-hybridized carbons (Fsp3) is 0.267. The number of hydrogen-bond acceptors (Lipinski definition) is 3. The van der Waals surface area contributed by atoms with Gasteiger partial charge in [-0.05, 0) is 18.4 Å². The van der Waals surface area contributed by atoms with Crippen molar-refractivity contribution in [2.75, 3.05) is 25.0 Å². The lowest BCUT2D eigenvalue weighted by Crippen LogP contribution is -2.29. The van der Waals surface area contributed by atoms with E-state index in [2.05, 4.69) is 28.8 Å². The van der Waals surface area contributed by atoms with Crippen LogP contribution in [0, 0.1) is 0 Å². The van der Waals surface area contributed by atoms with Gasteiger partial charge in [-0.15, -0.1) is 0 Å². The van der Waals surface area contributed by atoms with Gasteiger partial charge in [-0.25, -0.2) is 4.79 Å². The van der Waals surface area contributed by atoms with Crippen LogP contribution in [0.15, 0.2) is 42.5 Å². The molecular weight excluding hydrogens is 240 g/mol. The second kappa shape index (κ2) is 6.64. The van der Waals surface area contributed by atoms with Gasteiger partial charge in [-0.2, -0.15) is 0 Å². The van der Waals surface area contributed by atoms with E-state index in [1.807, 2.05) is 24.3 Å². The average molecular weight is 258 g/mol. The molecule has 0 spiro atoms. The number of carbonyl (C=O) groups is 1. The second-order valence-electron chi connectivity index (χ2n) is 4.10. The minimum Gasteiger partial charge on any atom is -0.450 e. The fourth-order valence-corrected chi connectivity index (χ4v) is 1.92. The number of hydrogen-bond donors (Lipinski definition) is 2. The van der Waals surface area contributed by atoms with Gasteiger partial charge in [0.05, 0.1) is 6.61 Å². The quantitative estimate of drug-likeness (QED) is 0.811. The normalized spacial score (nSPS) is 10.2. The Kier molecular flexibility index (Phi) is 4.61. The molecule has 0 radical (unpaired) electrons. The van der Waals surface area contributed by atoms with Crippen LogP contribution in [0.1, 0.15) is 6.92 Å². The van der Waals surface area contributed by atoms with Crippen molar-refractivity contribution < 1.29 is 9.53 Å². The van der Waals surface area contributed by atoms with Crippen molar-refractivity contribution in [2.45, 2.75) is 6.92 Å². The first-order valence-electron chi connectivity index (χ1n) is 6.43. The molecule has 100 valence electrons. The first-order chi connectivity index (χ1) is 9.31. The predicted octanol–water partition coefficient (Wildman–Crippen LogP) is 3.00. The van der Waals surface area contributed by atoms with Crippen molar-refractivity contribution in [1.29, 1.82) is 0 Å². The summed E-state index contributed by atoms with van der Waals surface area (Å²) in [5.41, 5.74) is 1.07. The Labute approximate surface area is 112 Å². The summed E-state index contributed by atoms with van der Waals surface area (Å²) >= 11 is 0. The van der Waals surface area contributed by atoms with Gasteiger partial charge < -0.3 is 15.4 Å². The average Bonchev–Trinajstić information content (AvgIpc) is 2.44. The SMILES string of the molecule is CCOC(=O)NCCNc1cccc2ccccc12. The third kappa shape index (κ3) is 3.61. The number of nitrogens with one attached hydrogen (secondary N) is 2. The first kappa shape index (κ1) is 13.2. The number of carbonyl (C=O) groups excluding carboxylic acids is 1. The summed E-state index contributed by atoms with van der Waals surface area (Å²) in [6.45, 7) is 3.37. The summed E-state index contributed by atoms with van der Waals surface area (Å²) in [5.74, 6) is 0. The molecule has 0 bridgehead atoms. The fourth-order valence-electron chi connectivity index (χ4n) is 1.92. The molecule has 2 aromatic rings. The van der Waals surface area contributed by atoms with Crippen molar-refractivity contribution >= 4 is 22.6 Å². The minimum absolute atomic E-state index is 0.373. The van der Waals surface area contributed by atoms with Gasteiger partial charge in [-0.1, -0.05) is 36.4 Å². The van der Waals surface area contributed by atoms with Crippen molar-refractivity contribution in [3.05, 3.63) is 42.5 Å². The first-order valence-corrected chi connectivity index (χ1v) is 6.43. The third-order valence-electron chi connectivity index (χ3n) is 2.77. The van der Waals surface area contributed by atoms with E-state index in [-0.39, 0.29) is 6.09 Å². The van der Waals surface area contributed by atoms with Crippen LogP contribution in [0.2, 0.25) is 0 Å². The van der Waals surface area contributed by atoms with Crippen molar-refractivity contribution in [3.63, 3.8) is 0 Å². The van der Waals surface area contributed by atoms with E-state index in [1.54, 1.807) is 6.92 Å². The van der Waals surface area contributed by atoms with Crippen LogP contribution in [0.3, 0.4) is 0 Å². The Bertz CT molecular complexity index is 549. The number of rotatable bonds is 5. The van der Waals surface area contributed by atoms with Crippen LogP contribution >= 0.6 is 0 Å². The van der Waals surface area contributed by atoms with E-state index in [9.17, 15) is 4.79 Å². The zero-order chi connectivity index (χ0) is 13.5. The molecule has 0 aliphatic carbocycles. The number of alkyl carbamates (subject to hydrolysis) is 1. The smallest absolute Gasteiger partial charge is 0.407 e. The molecule has 2 rings (SSSR count). The summed E-state index contributed by atoms with van der Waals surface area (Å²) < 4.78 is 4.79. The van der Waals surface area contributed by atoms with E-state index in [0.717, 1.165) is 5.69 Å². The highest BCUT2D eigenvalue weighted by Gasteiger charge is 2.00. The summed E-state index contributed by atoms with van der Waals surface area (Å²) in [4.78, 5) is 11.1. The highest BCUT2D eigenvalue weighted by molar-refractivity contribution is 5.93. The summed E-state index contributed by atoms with van der Waals surface area (Å²) in [5, 5.41) is 8.37. The lowest BCUT2D eigenvalue weighted by atomic mass is 10.1. The Morgan fingerprint density at radius 2 is 1.89 bits per heavy atom. The zero-order valence-electron chi connectivity index (χ0n) is 11.0. The molecule has 0 aromatic heterocycles. The molecule has 0 atom stereocenters. The van der Waals surface area contributed by atoms with E-state index in [1.165, 1.54) is 10.8 Å². The van der Waals surface area contributed by atoms with Crippen LogP contribution in [0.5, 0.6) is 0 Å². The molecule has 1 amide bonds. The standard InChI is InChI=1S/C15H18N2O2/c1-2-19-15(18)17-11-10-16-14-9-5-7-12-6-3-4-8-13(12)14/h3-9,16H,2,10-11H2,1H3,(H,17,18). The maximum Gasteiger partial charge on any atom is 0.407 e. The number of fused-ring (bicyclic) bond motifs is 1. The van der Waals surface area contributed by atoms with Crippen LogP contribution < -0.4 is 10.6 Å². The maximum absolute atomic E-state index is 11.1. The summed E-state index contributed by atoms with van der Waals surface area (Å²) in [6, 6.07) is 14.3. The highest BCUT2D eigenvalue weighted by Crippen LogP contribution is 2.22. The number of ether oxygens (including phenoxy) is 1. The molecule has 0 aliphatic rings. The van der Waals surface area contributed by atoms with Gasteiger partial charge >= 0.3 is 6.09 Å². The summed E-state index contributed by atoms with van der Waals surface area (Å²) in [7, 11) is 0. The molecule has 2 aromatic carbocycles. The highest BCUT2D eigenvalue weighted by atomic mass is 16.5. The molecular formula is C15H18N2O2. The van der Waals surface area contributed by atoms with Gasteiger partial charge in [-0.3, -0.25) is 0 Å². The van der Waals surface area contributed by atoms with Gasteiger partial charge in [0.15, 0.2) is 0 Å². The predicted molar refractivity (Wildman–Crippen MR) is 77.5 cm³/mol. The van der Waals surface area contributed by atoms with Crippen molar-refractivity contribution in [3.8, 4) is 0 Å². The van der Waals surface area contributed by atoms with E-state index >= 15 is 0 Å².